The molecular formula is C13H16N2O4S. The standard InChI is InChI=1S/C13H16N2O4S/c1-4-8-14-11-7-6-10(9-12(11)19-3)20(17,18)15-13(16)5-2/h1,6-7,9,14H,5,8H2,2-3H3,(H,15,16). The molecule has 0 heterocycles. The second kappa shape index (κ2) is 6.82. The molecule has 0 aromatic heterocycles. The number of carbonyl (C=O) groups is 1. The first-order valence-corrected chi connectivity index (χ1v) is 7.34. The van der Waals surface area contributed by atoms with E-state index in [0.717, 1.165) is 0 Å². The summed E-state index contributed by atoms with van der Waals surface area (Å²) in [7, 11) is -2.48. The van der Waals surface area contributed by atoms with Crippen molar-refractivity contribution in [3.8, 4) is 18.1 Å². The topological polar surface area (TPSA) is 84.5 Å². The number of carbonyl (C=O) groups excluding carboxylic acids is 1. The second-order valence-corrected chi connectivity index (χ2v) is 5.48. The molecule has 2 N–H and O–H groups in total. The minimum atomic E-state index is -3.89. The highest BCUT2D eigenvalue weighted by atomic mass is 32.2. The minimum Gasteiger partial charge on any atom is -0.495 e. The zero-order valence-electron chi connectivity index (χ0n) is 11.3. The SMILES string of the molecule is C#CCNc1ccc(S(=O)(=O)NC(=O)CC)cc1OC. The Kier molecular flexibility index (Phi) is 5.41. The van der Waals surface area contributed by atoms with Crippen LogP contribution in [0.5, 0.6) is 5.75 Å². The van der Waals surface area contributed by atoms with E-state index in [1.54, 1.807) is 6.92 Å². The molecule has 0 unspecified atom stereocenters. The number of sulfonamides is 1. The zero-order chi connectivity index (χ0) is 15.2. The maximum Gasteiger partial charge on any atom is 0.264 e. The number of hydrogen-bond donors (Lipinski definition) is 2. The van der Waals surface area contributed by atoms with E-state index in [-0.39, 0.29) is 17.9 Å². The summed E-state index contributed by atoms with van der Waals surface area (Å²) in [6.07, 6.45) is 5.22. The lowest BCUT2D eigenvalue weighted by molar-refractivity contribution is -0.119. The fourth-order valence-electron chi connectivity index (χ4n) is 1.41. The van der Waals surface area contributed by atoms with Crippen LogP contribution in [-0.4, -0.2) is 28.0 Å². The van der Waals surface area contributed by atoms with Gasteiger partial charge in [0.25, 0.3) is 10.0 Å². The highest BCUT2D eigenvalue weighted by Gasteiger charge is 2.18. The smallest absolute Gasteiger partial charge is 0.264 e. The van der Waals surface area contributed by atoms with Crippen LogP contribution in [0.1, 0.15) is 13.3 Å². The van der Waals surface area contributed by atoms with Crippen LogP contribution in [0.2, 0.25) is 0 Å². The van der Waals surface area contributed by atoms with Crippen LogP contribution in [-0.2, 0) is 14.8 Å². The molecule has 7 heteroatoms. The van der Waals surface area contributed by atoms with Gasteiger partial charge in [-0.3, -0.25) is 4.79 Å². The lowest BCUT2D eigenvalue weighted by atomic mass is 10.3. The van der Waals surface area contributed by atoms with Gasteiger partial charge in [-0.15, -0.1) is 6.42 Å². The summed E-state index contributed by atoms with van der Waals surface area (Å²) in [5, 5.41) is 2.90. The van der Waals surface area contributed by atoms with Crippen LogP contribution in [0.15, 0.2) is 23.1 Å². The summed E-state index contributed by atoms with van der Waals surface area (Å²) in [5.74, 6) is 2.16. The van der Waals surface area contributed by atoms with Crippen LogP contribution >= 0.6 is 0 Å². The lowest BCUT2D eigenvalue weighted by Crippen LogP contribution is -2.29. The molecule has 0 aliphatic carbocycles. The fourth-order valence-corrected chi connectivity index (χ4v) is 2.48. The fraction of sp³-hybridized carbons (Fsp3) is 0.308. The van der Waals surface area contributed by atoms with Crippen LogP contribution in [0.4, 0.5) is 5.69 Å². The molecule has 1 aromatic carbocycles. The van der Waals surface area contributed by atoms with Gasteiger partial charge in [-0.05, 0) is 12.1 Å². The van der Waals surface area contributed by atoms with Crippen LogP contribution in [0.3, 0.4) is 0 Å². The monoisotopic (exact) mass is 296 g/mol. The molecule has 6 nitrogen and oxygen atoms in total. The van der Waals surface area contributed by atoms with Crippen molar-refractivity contribution in [1.29, 1.82) is 0 Å². The lowest BCUT2D eigenvalue weighted by Gasteiger charge is -2.12. The number of methoxy groups -OCH3 is 1. The van der Waals surface area contributed by atoms with Gasteiger partial charge >= 0.3 is 0 Å². The average molecular weight is 296 g/mol. The predicted molar refractivity (Wildman–Crippen MR) is 75.9 cm³/mol. The quantitative estimate of drug-likeness (QED) is 0.764. The molecule has 1 amide bonds. The van der Waals surface area contributed by atoms with Crippen molar-refractivity contribution in [3.63, 3.8) is 0 Å². The first-order chi connectivity index (χ1) is 9.44. The highest BCUT2D eigenvalue weighted by Crippen LogP contribution is 2.27. The number of rotatable bonds is 6. The van der Waals surface area contributed by atoms with Gasteiger partial charge < -0.3 is 10.1 Å². The van der Waals surface area contributed by atoms with E-state index in [1.807, 2.05) is 4.72 Å². The van der Waals surface area contributed by atoms with Crippen molar-refractivity contribution >= 4 is 21.6 Å². The number of nitrogens with one attached hydrogen (secondary N) is 2. The first-order valence-electron chi connectivity index (χ1n) is 5.85. The Bertz CT molecular complexity index is 632. The van der Waals surface area contributed by atoms with Gasteiger partial charge in [0, 0.05) is 12.5 Å². The minimum absolute atomic E-state index is 0.0533. The molecule has 0 aliphatic rings. The van der Waals surface area contributed by atoms with Gasteiger partial charge in [-0.2, -0.15) is 0 Å². The Morgan fingerprint density at radius 3 is 2.70 bits per heavy atom. The molecule has 20 heavy (non-hydrogen) atoms. The molecule has 0 bridgehead atoms. The summed E-state index contributed by atoms with van der Waals surface area (Å²) in [4.78, 5) is 11.2. The normalized spacial score (nSPS) is 10.4. The van der Waals surface area contributed by atoms with Gasteiger partial charge in [-0.1, -0.05) is 12.8 Å². The van der Waals surface area contributed by atoms with Crippen LogP contribution in [0.25, 0.3) is 0 Å². The molecule has 0 saturated carbocycles. The van der Waals surface area contributed by atoms with Crippen molar-refractivity contribution < 1.29 is 17.9 Å². The Morgan fingerprint density at radius 2 is 2.15 bits per heavy atom. The Balaban J connectivity index is 3.09. The van der Waals surface area contributed by atoms with Crippen LogP contribution in [0, 0.1) is 12.3 Å². The van der Waals surface area contributed by atoms with Gasteiger partial charge in [0.2, 0.25) is 5.91 Å². The van der Waals surface area contributed by atoms with Gasteiger partial charge in [-0.25, -0.2) is 13.1 Å². The molecule has 0 saturated heterocycles. The number of anilines is 1. The number of amides is 1. The summed E-state index contributed by atoms with van der Waals surface area (Å²) in [5.41, 5.74) is 0.575. The number of terminal acetylenes is 1. The van der Waals surface area contributed by atoms with E-state index in [1.165, 1.54) is 25.3 Å². The largest absolute Gasteiger partial charge is 0.495 e. The van der Waals surface area contributed by atoms with Crippen molar-refractivity contribution in [1.82, 2.24) is 4.72 Å². The van der Waals surface area contributed by atoms with Gasteiger partial charge in [0.05, 0.1) is 24.2 Å². The molecule has 108 valence electrons. The highest BCUT2D eigenvalue weighted by molar-refractivity contribution is 7.90. The van der Waals surface area contributed by atoms with E-state index >= 15 is 0 Å². The van der Waals surface area contributed by atoms with Crippen molar-refractivity contribution in [2.45, 2.75) is 18.2 Å². The second-order valence-electron chi connectivity index (χ2n) is 3.80. The molecule has 0 spiro atoms. The van der Waals surface area contributed by atoms with E-state index in [4.69, 9.17) is 11.2 Å². The third-order valence-electron chi connectivity index (χ3n) is 2.43. The van der Waals surface area contributed by atoms with Gasteiger partial charge in [0.15, 0.2) is 0 Å². The van der Waals surface area contributed by atoms with E-state index in [9.17, 15) is 13.2 Å². The number of benzene rings is 1. The molecule has 1 aromatic rings. The average Bonchev–Trinajstić information content (AvgIpc) is 2.44. The van der Waals surface area contributed by atoms with Crippen molar-refractivity contribution in [3.05, 3.63) is 18.2 Å². The third kappa shape index (κ3) is 3.90. The molecule has 0 fully saturated rings. The molecule has 1 rings (SSSR count). The summed E-state index contributed by atoms with van der Waals surface area (Å²) in [6, 6.07) is 4.22. The number of hydrogen-bond acceptors (Lipinski definition) is 5. The molecule has 0 radical (unpaired) electrons. The maximum absolute atomic E-state index is 12.0. The Hall–Kier alpha value is -2.20. The third-order valence-corrected chi connectivity index (χ3v) is 3.80. The predicted octanol–water partition coefficient (Wildman–Crippen LogP) is 0.955. The van der Waals surface area contributed by atoms with Crippen LogP contribution < -0.4 is 14.8 Å². The Morgan fingerprint density at radius 1 is 1.45 bits per heavy atom. The molecular weight excluding hydrogens is 280 g/mol. The first kappa shape index (κ1) is 15.9. The van der Waals surface area contributed by atoms with E-state index < -0.39 is 15.9 Å². The molecule has 0 aliphatic heterocycles. The molecule has 0 atom stereocenters. The summed E-state index contributed by atoms with van der Waals surface area (Å²) in [6.45, 7) is 1.85. The zero-order valence-corrected chi connectivity index (χ0v) is 12.1. The summed E-state index contributed by atoms with van der Waals surface area (Å²) >= 11 is 0. The van der Waals surface area contributed by atoms with Crippen molar-refractivity contribution in [2.75, 3.05) is 19.0 Å². The van der Waals surface area contributed by atoms with E-state index in [2.05, 4.69) is 11.2 Å². The van der Waals surface area contributed by atoms with E-state index in [0.29, 0.717) is 11.4 Å². The van der Waals surface area contributed by atoms with Crippen molar-refractivity contribution in [2.24, 2.45) is 0 Å². The van der Waals surface area contributed by atoms with Gasteiger partial charge in [0.1, 0.15) is 5.75 Å². The number of ether oxygens (including phenoxy) is 1. The summed E-state index contributed by atoms with van der Waals surface area (Å²) < 4.78 is 31.0. The Labute approximate surface area is 118 Å². The maximum atomic E-state index is 12.0.